The van der Waals surface area contributed by atoms with Crippen molar-refractivity contribution in [3.05, 3.63) is 48.0 Å². The van der Waals surface area contributed by atoms with E-state index in [1.165, 1.54) is 23.1 Å². The molecule has 4 rings (SSSR count). The zero-order chi connectivity index (χ0) is 18.5. The maximum atomic E-state index is 13.0. The highest BCUT2D eigenvalue weighted by Gasteiger charge is 2.48. The molecule has 1 aliphatic rings. The molecule has 3 aromatic heterocycles. The van der Waals surface area contributed by atoms with E-state index in [-0.39, 0.29) is 18.5 Å². The SMILES string of the molecule is O=C(O)c1ccc(-n2ncc3cc([C@@H](O)C4CC(F)(F)C4)cnc32)cn1. The smallest absolute Gasteiger partial charge is 0.354 e. The van der Waals surface area contributed by atoms with E-state index in [0.717, 1.165) is 0 Å². The van der Waals surface area contributed by atoms with Crippen molar-refractivity contribution in [2.24, 2.45) is 5.92 Å². The molecular formula is C17H14F2N4O3. The zero-order valence-corrected chi connectivity index (χ0v) is 13.4. The topological polar surface area (TPSA) is 101 Å². The van der Waals surface area contributed by atoms with Crippen LogP contribution in [0, 0.1) is 5.92 Å². The molecule has 3 aromatic rings. The number of hydrogen-bond acceptors (Lipinski definition) is 5. The maximum absolute atomic E-state index is 13.0. The molecule has 0 radical (unpaired) electrons. The third-order valence-corrected chi connectivity index (χ3v) is 4.55. The summed E-state index contributed by atoms with van der Waals surface area (Å²) in [6.45, 7) is 0. The number of alkyl halides is 2. The molecule has 9 heteroatoms. The van der Waals surface area contributed by atoms with Gasteiger partial charge in [-0.3, -0.25) is 0 Å². The summed E-state index contributed by atoms with van der Waals surface area (Å²) < 4.78 is 27.5. The summed E-state index contributed by atoms with van der Waals surface area (Å²) in [5.74, 6) is -4.30. The molecule has 1 fully saturated rings. The van der Waals surface area contributed by atoms with Crippen molar-refractivity contribution in [3.8, 4) is 5.69 Å². The summed E-state index contributed by atoms with van der Waals surface area (Å²) >= 11 is 0. The minimum atomic E-state index is -2.69. The van der Waals surface area contributed by atoms with Gasteiger partial charge in [-0.05, 0) is 23.8 Å². The first-order valence-electron chi connectivity index (χ1n) is 7.93. The number of carboxylic acids is 1. The lowest BCUT2D eigenvalue weighted by Gasteiger charge is -2.37. The minimum absolute atomic E-state index is 0.0825. The molecule has 2 N–H and O–H groups in total. The minimum Gasteiger partial charge on any atom is -0.477 e. The molecule has 1 saturated carbocycles. The largest absolute Gasteiger partial charge is 0.477 e. The number of hydrogen-bond donors (Lipinski definition) is 2. The van der Waals surface area contributed by atoms with E-state index in [4.69, 9.17) is 5.11 Å². The van der Waals surface area contributed by atoms with Gasteiger partial charge < -0.3 is 10.2 Å². The number of carboxylic acid groups (broad SMARTS) is 1. The lowest BCUT2D eigenvalue weighted by Crippen LogP contribution is -2.38. The van der Waals surface area contributed by atoms with Crippen LogP contribution >= 0.6 is 0 Å². The van der Waals surface area contributed by atoms with Crippen LogP contribution < -0.4 is 0 Å². The number of nitrogens with zero attached hydrogens (tertiary/aromatic N) is 4. The quantitative estimate of drug-likeness (QED) is 0.742. The Labute approximate surface area is 145 Å². The first-order chi connectivity index (χ1) is 12.3. The van der Waals surface area contributed by atoms with E-state index in [2.05, 4.69) is 15.1 Å². The van der Waals surface area contributed by atoms with Gasteiger partial charge in [0, 0.05) is 30.3 Å². The van der Waals surface area contributed by atoms with Gasteiger partial charge in [-0.1, -0.05) is 0 Å². The Balaban J connectivity index is 1.62. The van der Waals surface area contributed by atoms with Crippen LogP contribution in [0.15, 0.2) is 36.8 Å². The lowest BCUT2D eigenvalue weighted by atomic mass is 9.76. The molecule has 0 unspecified atom stereocenters. The highest BCUT2D eigenvalue weighted by atomic mass is 19.3. The molecular weight excluding hydrogens is 346 g/mol. The van der Waals surface area contributed by atoms with E-state index in [9.17, 15) is 18.7 Å². The maximum Gasteiger partial charge on any atom is 0.354 e. The number of carbonyl (C=O) groups is 1. The van der Waals surface area contributed by atoms with Gasteiger partial charge in [-0.15, -0.1) is 0 Å². The van der Waals surface area contributed by atoms with Crippen LogP contribution in [0.4, 0.5) is 8.78 Å². The van der Waals surface area contributed by atoms with E-state index < -0.39 is 23.9 Å². The molecule has 134 valence electrons. The molecule has 1 atom stereocenters. The van der Waals surface area contributed by atoms with Crippen LogP contribution in [0.25, 0.3) is 16.7 Å². The van der Waals surface area contributed by atoms with Gasteiger partial charge >= 0.3 is 5.97 Å². The third kappa shape index (κ3) is 2.80. The zero-order valence-electron chi connectivity index (χ0n) is 13.4. The van der Waals surface area contributed by atoms with Crippen molar-refractivity contribution >= 4 is 17.0 Å². The van der Waals surface area contributed by atoms with Crippen molar-refractivity contribution in [2.45, 2.75) is 24.9 Å². The number of aromatic carboxylic acids is 1. The first kappa shape index (κ1) is 16.5. The Bertz CT molecular complexity index is 979. The van der Waals surface area contributed by atoms with E-state index in [1.807, 2.05) is 0 Å². The Kier molecular flexibility index (Phi) is 3.69. The second kappa shape index (κ2) is 5.80. The highest BCUT2D eigenvalue weighted by molar-refractivity contribution is 5.85. The van der Waals surface area contributed by atoms with Gasteiger partial charge in [0.1, 0.15) is 5.69 Å². The third-order valence-electron chi connectivity index (χ3n) is 4.55. The monoisotopic (exact) mass is 360 g/mol. The molecule has 1 aliphatic carbocycles. The van der Waals surface area contributed by atoms with Gasteiger partial charge in [0.05, 0.1) is 24.2 Å². The normalized spacial score (nSPS) is 17.8. The molecule has 0 aliphatic heterocycles. The predicted octanol–water partition coefficient (Wildman–Crippen LogP) is 2.59. The number of aromatic nitrogens is 4. The van der Waals surface area contributed by atoms with Gasteiger partial charge in [-0.2, -0.15) is 5.10 Å². The molecule has 7 nitrogen and oxygen atoms in total. The van der Waals surface area contributed by atoms with Gasteiger partial charge in [0.15, 0.2) is 5.65 Å². The summed E-state index contributed by atoms with van der Waals surface area (Å²) in [5.41, 5.74) is 1.41. The average Bonchev–Trinajstić information content (AvgIpc) is 3.02. The van der Waals surface area contributed by atoms with Crippen molar-refractivity contribution in [3.63, 3.8) is 0 Å². The van der Waals surface area contributed by atoms with Crippen molar-refractivity contribution < 1.29 is 23.8 Å². The molecule has 0 aromatic carbocycles. The summed E-state index contributed by atoms with van der Waals surface area (Å²) in [5, 5.41) is 24.0. The van der Waals surface area contributed by atoms with Crippen molar-refractivity contribution in [2.75, 3.05) is 0 Å². The second-order valence-corrected chi connectivity index (χ2v) is 6.41. The number of fused-ring (bicyclic) bond motifs is 1. The summed E-state index contributed by atoms with van der Waals surface area (Å²) in [7, 11) is 0. The predicted molar refractivity (Wildman–Crippen MR) is 86.3 cm³/mol. The first-order valence-corrected chi connectivity index (χ1v) is 7.93. The van der Waals surface area contributed by atoms with Crippen LogP contribution in [0.1, 0.15) is 35.0 Å². The van der Waals surface area contributed by atoms with Gasteiger partial charge in [0.2, 0.25) is 5.92 Å². The van der Waals surface area contributed by atoms with E-state index in [0.29, 0.717) is 22.3 Å². The lowest BCUT2D eigenvalue weighted by molar-refractivity contribution is -0.142. The molecule has 26 heavy (non-hydrogen) atoms. The fourth-order valence-electron chi connectivity index (χ4n) is 3.13. The summed E-state index contributed by atoms with van der Waals surface area (Å²) in [6, 6.07) is 4.59. The number of rotatable bonds is 4. The number of halogens is 2. The molecule has 3 heterocycles. The van der Waals surface area contributed by atoms with Crippen LogP contribution in [0.2, 0.25) is 0 Å². The Morgan fingerprint density at radius 1 is 1.23 bits per heavy atom. The Hall–Kier alpha value is -2.94. The van der Waals surface area contributed by atoms with Crippen LogP contribution in [0.5, 0.6) is 0 Å². The van der Waals surface area contributed by atoms with E-state index >= 15 is 0 Å². The second-order valence-electron chi connectivity index (χ2n) is 6.41. The Morgan fingerprint density at radius 3 is 2.62 bits per heavy atom. The molecule has 0 amide bonds. The summed E-state index contributed by atoms with van der Waals surface area (Å²) in [4.78, 5) is 19.0. The fraction of sp³-hybridized carbons (Fsp3) is 0.294. The van der Waals surface area contributed by atoms with Crippen molar-refractivity contribution in [1.82, 2.24) is 19.7 Å². The van der Waals surface area contributed by atoms with E-state index in [1.54, 1.807) is 18.3 Å². The molecule has 0 bridgehead atoms. The van der Waals surface area contributed by atoms with Crippen LogP contribution in [-0.2, 0) is 0 Å². The highest BCUT2D eigenvalue weighted by Crippen LogP contribution is 2.48. The molecule has 0 spiro atoms. The standard InChI is InChI=1S/C17H14F2N4O3/c18-17(19)4-11(5-17)14(24)9-3-10-7-22-23(15(10)21-6-9)12-1-2-13(16(25)26)20-8-12/h1-3,6-8,11,14,24H,4-5H2,(H,25,26)/t14-/m1/s1. The summed E-state index contributed by atoms with van der Waals surface area (Å²) in [6.07, 6.45) is 2.71. The number of pyridine rings is 2. The Morgan fingerprint density at radius 2 is 2.00 bits per heavy atom. The number of aliphatic hydroxyl groups is 1. The van der Waals surface area contributed by atoms with Crippen LogP contribution in [0.3, 0.4) is 0 Å². The fourth-order valence-corrected chi connectivity index (χ4v) is 3.13. The van der Waals surface area contributed by atoms with Gasteiger partial charge in [0.25, 0.3) is 0 Å². The van der Waals surface area contributed by atoms with Crippen molar-refractivity contribution in [1.29, 1.82) is 0 Å². The van der Waals surface area contributed by atoms with Crippen LogP contribution in [-0.4, -0.2) is 41.9 Å². The molecule has 0 saturated heterocycles. The number of aliphatic hydroxyl groups excluding tert-OH is 1. The average molecular weight is 360 g/mol. The van der Waals surface area contributed by atoms with Gasteiger partial charge in [-0.25, -0.2) is 28.2 Å².